The van der Waals surface area contributed by atoms with Gasteiger partial charge in [0, 0.05) is 30.3 Å². The Hall–Kier alpha value is -2.21. The zero-order valence-electron chi connectivity index (χ0n) is 13.1. The lowest BCUT2D eigenvalue weighted by Gasteiger charge is -2.03. The van der Waals surface area contributed by atoms with Crippen molar-refractivity contribution in [2.75, 3.05) is 5.32 Å². The molecule has 6 heteroatoms. The number of hydrogen-bond acceptors (Lipinski definition) is 4. The lowest BCUT2D eigenvalue weighted by molar-refractivity contribution is -0.119. The summed E-state index contributed by atoms with van der Waals surface area (Å²) in [5.41, 5.74) is 2.88. The smallest absolute Gasteiger partial charge is 0.229 e. The van der Waals surface area contributed by atoms with Crippen LogP contribution < -0.4 is 10.6 Å². The SMILES string of the molecule is CC(=O)NCc1ccc(-c2csc(NC(=O)[C@H]3C[C@@H]3C)n2)cc1. The van der Waals surface area contributed by atoms with Gasteiger partial charge in [0.05, 0.1) is 5.69 Å². The standard InChI is InChI=1S/C17H19N3O2S/c1-10-7-14(10)16(22)20-17-19-15(9-23-17)13-5-3-12(4-6-13)8-18-11(2)21/h3-6,9-10,14H,7-8H2,1-2H3,(H,18,21)(H,19,20,22)/t10-,14-/m0/s1. The molecule has 0 bridgehead atoms. The van der Waals surface area contributed by atoms with Crippen molar-refractivity contribution in [2.45, 2.75) is 26.8 Å². The highest BCUT2D eigenvalue weighted by atomic mass is 32.1. The molecule has 1 heterocycles. The normalized spacial score (nSPS) is 19.2. The van der Waals surface area contributed by atoms with Gasteiger partial charge in [0.1, 0.15) is 0 Å². The van der Waals surface area contributed by atoms with Gasteiger partial charge in [0.2, 0.25) is 11.8 Å². The summed E-state index contributed by atoms with van der Waals surface area (Å²) in [5.74, 6) is 0.670. The Balaban J connectivity index is 1.63. The maximum absolute atomic E-state index is 11.9. The van der Waals surface area contributed by atoms with Crippen LogP contribution in [0.2, 0.25) is 0 Å². The second kappa shape index (κ2) is 6.50. The van der Waals surface area contributed by atoms with E-state index in [0.717, 1.165) is 23.2 Å². The number of benzene rings is 1. The average Bonchev–Trinajstić information content (AvgIpc) is 3.08. The summed E-state index contributed by atoms with van der Waals surface area (Å²) in [7, 11) is 0. The molecule has 0 unspecified atom stereocenters. The molecule has 2 amide bonds. The van der Waals surface area contributed by atoms with E-state index >= 15 is 0 Å². The van der Waals surface area contributed by atoms with Crippen LogP contribution in [0.5, 0.6) is 0 Å². The summed E-state index contributed by atoms with van der Waals surface area (Å²) in [5, 5.41) is 8.24. The molecule has 2 aromatic rings. The predicted molar refractivity (Wildman–Crippen MR) is 91.0 cm³/mol. The molecule has 1 fully saturated rings. The zero-order valence-corrected chi connectivity index (χ0v) is 13.9. The van der Waals surface area contributed by atoms with Crippen molar-refractivity contribution in [3.05, 3.63) is 35.2 Å². The fourth-order valence-electron chi connectivity index (χ4n) is 2.37. The van der Waals surface area contributed by atoms with E-state index in [1.165, 1.54) is 18.3 Å². The summed E-state index contributed by atoms with van der Waals surface area (Å²) >= 11 is 1.44. The number of nitrogens with one attached hydrogen (secondary N) is 2. The van der Waals surface area contributed by atoms with Crippen molar-refractivity contribution < 1.29 is 9.59 Å². The molecule has 0 aliphatic heterocycles. The van der Waals surface area contributed by atoms with Crippen LogP contribution in [0.1, 0.15) is 25.8 Å². The van der Waals surface area contributed by atoms with Crippen LogP contribution in [0.4, 0.5) is 5.13 Å². The van der Waals surface area contributed by atoms with Crippen LogP contribution in [0, 0.1) is 11.8 Å². The number of thiazole rings is 1. The van der Waals surface area contributed by atoms with Gasteiger partial charge >= 0.3 is 0 Å². The average molecular weight is 329 g/mol. The first kappa shape index (κ1) is 15.7. The second-order valence-electron chi connectivity index (χ2n) is 5.95. The van der Waals surface area contributed by atoms with Gasteiger partial charge in [-0.1, -0.05) is 31.2 Å². The molecular formula is C17H19N3O2S. The van der Waals surface area contributed by atoms with Gasteiger partial charge in [0.25, 0.3) is 0 Å². The van der Waals surface area contributed by atoms with E-state index in [9.17, 15) is 9.59 Å². The van der Waals surface area contributed by atoms with E-state index in [-0.39, 0.29) is 17.7 Å². The third-order valence-electron chi connectivity index (χ3n) is 3.97. The first-order valence-corrected chi connectivity index (χ1v) is 8.51. The minimum Gasteiger partial charge on any atom is -0.352 e. The molecule has 1 aromatic carbocycles. The van der Waals surface area contributed by atoms with Crippen LogP contribution in [0.25, 0.3) is 11.3 Å². The maximum atomic E-state index is 11.9. The third kappa shape index (κ3) is 3.96. The molecule has 1 aliphatic carbocycles. The predicted octanol–water partition coefficient (Wildman–Crippen LogP) is 3.04. The Morgan fingerprint density at radius 2 is 2.00 bits per heavy atom. The van der Waals surface area contributed by atoms with Crippen molar-refractivity contribution >= 4 is 28.3 Å². The summed E-state index contributed by atoms with van der Waals surface area (Å²) in [6, 6.07) is 7.88. The lowest BCUT2D eigenvalue weighted by Crippen LogP contribution is -2.18. The first-order valence-electron chi connectivity index (χ1n) is 7.63. The monoisotopic (exact) mass is 329 g/mol. The van der Waals surface area contributed by atoms with Gasteiger partial charge in [-0.3, -0.25) is 9.59 Å². The Bertz CT molecular complexity index is 724. The van der Waals surface area contributed by atoms with Crippen LogP contribution in [0.3, 0.4) is 0 Å². The Morgan fingerprint density at radius 1 is 1.30 bits per heavy atom. The quantitative estimate of drug-likeness (QED) is 0.886. The second-order valence-corrected chi connectivity index (χ2v) is 6.81. The summed E-state index contributed by atoms with van der Waals surface area (Å²) < 4.78 is 0. The fraction of sp³-hybridized carbons (Fsp3) is 0.353. The largest absolute Gasteiger partial charge is 0.352 e. The highest BCUT2D eigenvalue weighted by Gasteiger charge is 2.39. The van der Waals surface area contributed by atoms with Crippen LogP contribution in [-0.2, 0) is 16.1 Å². The van der Waals surface area contributed by atoms with E-state index in [2.05, 4.69) is 22.5 Å². The number of amides is 2. The molecule has 0 spiro atoms. The Kier molecular flexibility index (Phi) is 4.43. The number of aromatic nitrogens is 1. The zero-order chi connectivity index (χ0) is 16.4. The van der Waals surface area contributed by atoms with Crippen molar-refractivity contribution in [3.8, 4) is 11.3 Å². The number of hydrogen-bond donors (Lipinski definition) is 2. The summed E-state index contributed by atoms with van der Waals surface area (Å²) in [6.45, 7) is 4.11. The lowest BCUT2D eigenvalue weighted by atomic mass is 10.1. The van der Waals surface area contributed by atoms with E-state index in [1.54, 1.807) is 0 Å². The number of carbonyl (C=O) groups is 2. The van der Waals surface area contributed by atoms with Crippen molar-refractivity contribution in [2.24, 2.45) is 11.8 Å². The maximum Gasteiger partial charge on any atom is 0.229 e. The molecule has 23 heavy (non-hydrogen) atoms. The molecule has 2 atom stereocenters. The number of rotatable bonds is 5. The number of nitrogens with zero attached hydrogens (tertiary/aromatic N) is 1. The van der Waals surface area contributed by atoms with Crippen LogP contribution in [0.15, 0.2) is 29.6 Å². The van der Waals surface area contributed by atoms with Crippen LogP contribution >= 0.6 is 11.3 Å². The van der Waals surface area contributed by atoms with Gasteiger partial charge in [-0.25, -0.2) is 4.98 Å². The van der Waals surface area contributed by atoms with Gasteiger partial charge in [-0.2, -0.15) is 0 Å². The minimum atomic E-state index is -0.0426. The van der Waals surface area contributed by atoms with Crippen molar-refractivity contribution in [1.82, 2.24) is 10.3 Å². The highest BCUT2D eigenvalue weighted by Crippen LogP contribution is 2.38. The van der Waals surface area contributed by atoms with E-state index in [0.29, 0.717) is 17.6 Å². The minimum absolute atomic E-state index is 0.0426. The molecular weight excluding hydrogens is 310 g/mol. The molecule has 1 aliphatic rings. The fourth-order valence-corrected chi connectivity index (χ4v) is 3.09. The molecule has 2 N–H and O–H groups in total. The van der Waals surface area contributed by atoms with E-state index in [4.69, 9.17) is 0 Å². The number of carbonyl (C=O) groups excluding carboxylic acids is 2. The number of anilines is 1. The Morgan fingerprint density at radius 3 is 2.61 bits per heavy atom. The summed E-state index contributed by atoms with van der Waals surface area (Å²) in [6.07, 6.45) is 0.972. The van der Waals surface area contributed by atoms with Crippen molar-refractivity contribution in [3.63, 3.8) is 0 Å². The Labute approximate surface area is 139 Å². The van der Waals surface area contributed by atoms with Gasteiger partial charge in [-0.15, -0.1) is 11.3 Å². The highest BCUT2D eigenvalue weighted by molar-refractivity contribution is 7.14. The van der Waals surface area contributed by atoms with Gasteiger partial charge in [-0.05, 0) is 17.9 Å². The van der Waals surface area contributed by atoms with Crippen LogP contribution in [-0.4, -0.2) is 16.8 Å². The third-order valence-corrected chi connectivity index (χ3v) is 4.73. The first-order chi connectivity index (χ1) is 11.0. The van der Waals surface area contributed by atoms with Gasteiger partial charge in [0.15, 0.2) is 5.13 Å². The van der Waals surface area contributed by atoms with Crippen molar-refractivity contribution in [1.29, 1.82) is 0 Å². The molecule has 1 aromatic heterocycles. The van der Waals surface area contributed by atoms with E-state index in [1.807, 2.05) is 29.6 Å². The molecule has 1 saturated carbocycles. The molecule has 0 radical (unpaired) electrons. The summed E-state index contributed by atoms with van der Waals surface area (Å²) in [4.78, 5) is 27.3. The molecule has 3 rings (SSSR count). The molecule has 0 saturated heterocycles. The van der Waals surface area contributed by atoms with Gasteiger partial charge < -0.3 is 10.6 Å². The van der Waals surface area contributed by atoms with E-state index < -0.39 is 0 Å². The topological polar surface area (TPSA) is 71.1 Å². The molecule has 120 valence electrons. The molecule has 5 nitrogen and oxygen atoms in total.